The van der Waals surface area contributed by atoms with Crippen LogP contribution < -0.4 is 10.6 Å². The third-order valence-electron chi connectivity index (χ3n) is 3.26. The first kappa shape index (κ1) is 14.7. The molecule has 0 saturated heterocycles. The van der Waals surface area contributed by atoms with E-state index in [0.717, 1.165) is 13.0 Å². The van der Waals surface area contributed by atoms with Crippen LogP contribution in [-0.2, 0) is 11.3 Å². The maximum atomic E-state index is 11.6. The first-order valence-corrected chi connectivity index (χ1v) is 6.52. The summed E-state index contributed by atoms with van der Waals surface area (Å²) in [6.45, 7) is 7.83. The maximum Gasteiger partial charge on any atom is 0.220 e. The summed E-state index contributed by atoms with van der Waals surface area (Å²) in [5.74, 6) is 0.128. The van der Waals surface area contributed by atoms with Gasteiger partial charge in [0.15, 0.2) is 0 Å². The molecule has 3 nitrogen and oxygen atoms in total. The van der Waals surface area contributed by atoms with Gasteiger partial charge in [0, 0.05) is 13.0 Å². The Morgan fingerprint density at radius 3 is 2.44 bits per heavy atom. The Hall–Kier alpha value is -1.35. The van der Waals surface area contributed by atoms with Crippen molar-refractivity contribution in [3.63, 3.8) is 0 Å². The Bertz CT molecular complexity index is 413. The van der Waals surface area contributed by atoms with Crippen molar-refractivity contribution in [1.82, 2.24) is 10.6 Å². The van der Waals surface area contributed by atoms with Crippen LogP contribution in [0.1, 0.15) is 35.1 Å². The topological polar surface area (TPSA) is 41.1 Å². The lowest BCUT2D eigenvalue weighted by Crippen LogP contribution is -2.24. The highest BCUT2D eigenvalue weighted by molar-refractivity contribution is 5.75. The third-order valence-corrected chi connectivity index (χ3v) is 3.26. The van der Waals surface area contributed by atoms with Crippen molar-refractivity contribution in [2.24, 2.45) is 0 Å². The van der Waals surface area contributed by atoms with Crippen LogP contribution in [0, 0.1) is 20.8 Å². The van der Waals surface area contributed by atoms with Crippen LogP contribution in [0.3, 0.4) is 0 Å². The minimum Gasteiger partial charge on any atom is -0.352 e. The van der Waals surface area contributed by atoms with E-state index in [0.29, 0.717) is 13.0 Å². The Labute approximate surface area is 110 Å². The van der Waals surface area contributed by atoms with Gasteiger partial charge < -0.3 is 10.6 Å². The molecule has 0 aliphatic rings. The van der Waals surface area contributed by atoms with Crippen LogP contribution in [0.5, 0.6) is 0 Å². The number of hydrogen-bond acceptors (Lipinski definition) is 2. The van der Waals surface area contributed by atoms with Gasteiger partial charge in [-0.2, -0.15) is 0 Å². The largest absolute Gasteiger partial charge is 0.352 e. The van der Waals surface area contributed by atoms with E-state index in [1.165, 1.54) is 22.3 Å². The summed E-state index contributed by atoms with van der Waals surface area (Å²) < 4.78 is 0. The lowest BCUT2D eigenvalue weighted by molar-refractivity contribution is -0.121. The number of nitrogens with one attached hydrogen (secondary N) is 2. The Balaban J connectivity index is 2.48. The van der Waals surface area contributed by atoms with Crippen molar-refractivity contribution in [3.05, 3.63) is 34.4 Å². The van der Waals surface area contributed by atoms with E-state index in [9.17, 15) is 4.79 Å². The predicted molar refractivity (Wildman–Crippen MR) is 75.7 cm³/mol. The molecule has 0 aliphatic heterocycles. The lowest BCUT2D eigenvalue weighted by Gasteiger charge is -2.11. The summed E-state index contributed by atoms with van der Waals surface area (Å²) in [4.78, 5) is 11.6. The number of rotatable bonds is 6. The van der Waals surface area contributed by atoms with Crippen molar-refractivity contribution in [1.29, 1.82) is 0 Å². The van der Waals surface area contributed by atoms with E-state index in [4.69, 9.17) is 0 Å². The fourth-order valence-corrected chi connectivity index (χ4v) is 1.92. The summed E-state index contributed by atoms with van der Waals surface area (Å²) >= 11 is 0. The summed E-state index contributed by atoms with van der Waals surface area (Å²) in [5.41, 5.74) is 5.03. The molecule has 0 saturated carbocycles. The summed E-state index contributed by atoms with van der Waals surface area (Å²) in [6, 6.07) is 4.34. The van der Waals surface area contributed by atoms with Crippen LogP contribution in [0.25, 0.3) is 0 Å². The molecule has 1 amide bonds. The van der Waals surface area contributed by atoms with E-state index in [-0.39, 0.29) is 5.91 Å². The Kier molecular flexibility index (Phi) is 5.86. The fraction of sp³-hybridized carbons (Fsp3) is 0.533. The van der Waals surface area contributed by atoms with Gasteiger partial charge >= 0.3 is 0 Å². The molecule has 0 bridgehead atoms. The molecular weight excluding hydrogens is 224 g/mol. The first-order valence-electron chi connectivity index (χ1n) is 6.52. The normalized spacial score (nSPS) is 10.4. The number of hydrogen-bond donors (Lipinski definition) is 2. The smallest absolute Gasteiger partial charge is 0.220 e. The molecule has 0 spiro atoms. The van der Waals surface area contributed by atoms with Crippen LogP contribution in [0.15, 0.2) is 12.1 Å². The van der Waals surface area contributed by atoms with E-state index >= 15 is 0 Å². The molecule has 1 aromatic carbocycles. The second-order valence-electron chi connectivity index (χ2n) is 4.85. The average molecular weight is 248 g/mol. The van der Waals surface area contributed by atoms with Gasteiger partial charge in [-0.05, 0) is 63.0 Å². The highest BCUT2D eigenvalue weighted by atomic mass is 16.1. The molecule has 0 aromatic heterocycles. The lowest BCUT2D eigenvalue weighted by atomic mass is 10.0. The second kappa shape index (κ2) is 7.17. The molecule has 0 heterocycles. The highest BCUT2D eigenvalue weighted by Gasteiger charge is 2.04. The molecule has 1 aromatic rings. The molecule has 0 fully saturated rings. The van der Waals surface area contributed by atoms with Gasteiger partial charge in [-0.3, -0.25) is 4.79 Å². The number of amides is 1. The van der Waals surface area contributed by atoms with Gasteiger partial charge in [0.25, 0.3) is 0 Å². The quantitative estimate of drug-likeness (QED) is 0.758. The zero-order valence-electron chi connectivity index (χ0n) is 11.9. The third kappa shape index (κ3) is 4.49. The van der Waals surface area contributed by atoms with Gasteiger partial charge in [0.2, 0.25) is 5.91 Å². The number of aryl methyl sites for hydroxylation is 3. The van der Waals surface area contributed by atoms with Crippen molar-refractivity contribution in [3.8, 4) is 0 Å². The number of benzene rings is 1. The van der Waals surface area contributed by atoms with Crippen LogP contribution in [-0.4, -0.2) is 19.5 Å². The Morgan fingerprint density at radius 1 is 1.11 bits per heavy atom. The maximum absolute atomic E-state index is 11.6. The van der Waals surface area contributed by atoms with E-state index in [1.54, 1.807) is 0 Å². The second-order valence-corrected chi connectivity index (χ2v) is 4.85. The number of carbonyl (C=O) groups is 1. The highest BCUT2D eigenvalue weighted by Crippen LogP contribution is 2.15. The van der Waals surface area contributed by atoms with Gasteiger partial charge in [-0.15, -0.1) is 0 Å². The molecular formula is C15H24N2O. The molecule has 18 heavy (non-hydrogen) atoms. The van der Waals surface area contributed by atoms with Crippen molar-refractivity contribution in [2.45, 2.75) is 40.2 Å². The number of carbonyl (C=O) groups excluding carboxylic acids is 1. The Morgan fingerprint density at radius 2 is 1.78 bits per heavy atom. The van der Waals surface area contributed by atoms with Crippen LogP contribution in [0.4, 0.5) is 0 Å². The van der Waals surface area contributed by atoms with Crippen molar-refractivity contribution < 1.29 is 4.79 Å². The first-order chi connectivity index (χ1) is 8.54. The van der Waals surface area contributed by atoms with E-state index in [2.05, 4.69) is 43.5 Å². The van der Waals surface area contributed by atoms with Crippen LogP contribution in [0.2, 0.25) is 0 Å². The fourth-order valence-electron chi connectivity index (χ4n) is 1.92. The molecule has 2 N–H and O–H groups in total. The predicted octanol–water partition coefficient (Wildman–Crippen LogP) is 2.23. The SMILES string of the molecule is CNCCCC(=O)NCc1cc(C)c(C)cc1C. The van der Waals surface area contributed by atoms with Crippen molar-refractivity contribution in [2.75, 3.05) is 13.6 Å². The summed E-state index contributed by atoms with van der Waals surface area (Å²) in [7, 11) is 1.90. The van der Waals surface area contributed by atoms with E-state index < -0.39 is 0 Å². The molecule has 100 valence electrons. The standard InChI is InChI=1S/C15H24N2O/c1-11-8-13(3)14(9-12(11)2)10-17-15(18)6-5-7-16-4/h8-9,16H,5-7,10H2,1-4H3,(H,17,18). The van der Waals surface area contributed by atoms with Gasteiger partial charge in [-0.1, -0.05) is 12.1 Å². The van der Waals surface area contributed by atoms with Crippen LogP contribution >= 0.6 is 0 Å². The molecule has 0 aliphatic carbocycles. The monoisotopic (exact) mass is 248 g/mol. The average Bonchev–Trinajstić information content (AvgIpc) is 2.32. The summed E-state index contributed by atoms with van der Waals surface area (Å²) in [5, 5.41) is 6.02. The van der Waals surface area contributed by atoms with Gasteiger partial charge in [-0.25, -0.2) is 0 Å². The zero-order chi connectivity index (χ0) is 13.5. The molecule has 1 rings (SSSR count). The molecule has 0 unspecified atom stereocenters. The van der Waals surface area contributed by atoms with Gasteiger partial charge in [0.05, 0.1) is 0 Å². The summed E-state index contributed by atoms with van der Waals surface area (Å²) in [6.07, 6.45) is 1.47. The van der Waals surface area contributed by atoms with E-state index in [1.807, 2.05) is 7.05 Å². The minimum atomic E-state index is 0.128. The minimum absolute atomic E-state index is 0.128. The molecule has 3 heteroatoms. The van der Waals surface area contributed by atoms with Gasteiger partial charge in [0.1, 0.15) is 0 Å². The molecule has 0 atom stereocenters. The zero-order valence-corrected chi connectivity index (χ0v) is 11.9. The van der Waals surface area contributed by atoms with Crippen molar-refractivity contribution >= 4 is 5.91 Å². The molecule has 0 radical (unpaired) electrons.